The first kappa shape index (κ1) is 12.1. The van der Waals surface area contributed by atoms with Crippen LogP contribution in [0.3, 0.4) is 0 Å². The van der Waals surface area contributed by atoms with Crippen LogP contribution in [0.4, 0.5) is 5.13 Å². The molecule has 0 amide bonds. The highest BCUT2D eigenvalue weighted by Gasteiger charge is 2.40. The molecule has 1 aromatic heterocycles. The Morgan fingerprint density at radius 1 is 1.21 bits per heavy atom. The van der Waals surface area contributed by atoms with E-state index in [1.54, 1.807) is 0 Å². The van der Waals surface area contributed by atoms with Crippen LogP contribution >= 0.6 is 11.5 Å². The van der Waals surface area contributed by atoms with Gasteiger partial charge in [0, 0.05) is 30.1 Å². The molecule has 3 fully saturated rings. The van der Waals surface area contributed by atoms with Gasteiger partial charge in [-0.2, -0.15) is 4.37 Å². The van der Waals surface area contributed by atoms with Crippen LogP contribution < -0.4 is 5.32 Å². The average Bonchev–Trinajstić information content (AvgIpc) is 3.01. The molecule has 1 N–H and O–H groups in total. The van der Waals surface area contributed by atoms with Crippen LogP contribution in [0.2, 0.25) is 0 Å². The predicted octanol–water partition coefficient (Wildman–Crippen LogP) is 3.32. The Balaban J connectivity index is 1.40. The van der Waals surface area contributed by atoms with Gasteiger partial charge in [0.15, 0.2) is 0 Å². The number of hydrogen-bond donors (Lipinski definition) is 1. The third-order valence-electron chi connectivity index (χ3n) is 4.72. The van der Waals surface area contributed by atoms with Gasteiger partial charge in [0.05, 0.1) is 5.60 Å². The van der Waals surface area contributed by atoms with Crippen molar-refractivity contribution < 1.29 is 4.74 Å². The summed E-state index contributed by atoms with van der Waals surface area (Å²) >= 11 is 1.53. The molecular formula is C14H21N3OS. The van der Waals surface area contributed by atoms with Crippen LogP contribution in [0.5, 0.6) is 0 Å². The summed E-state index contributed by atoms with van der Waals surface area (Å²) in [5.41, 5.74) is 0.180. The van der Waals surface area contributed by atoms with Crippen LogP contribution in [-0.4, -0.2) is 27.6 Å². The van der Waals surface area contributed by atoms with Crippen LogP contribution in [0, 0.1) is 0 Å². The Morgan fingerprint density at radius 2 is 2.05 bits per heavy atom. The molecule has 0 radical (unpaired) electrons. The second-order valence-electron chi connectivity index (χ2n) is 6.30. The molecular weight excluding hydrogens is 258 g/mol. The second kappa shape index (κ2) is 4.70. The summed E-state index contributed by atoms with van der Waals surface area (Å²) in [5, 5.41) is 4.62. The lowest BCUT2D eigenvalue weighted by atomic mass is 9.89. The lowest BCUT2D eigenvalue weighted by molar-refractivity contribution is -0.0767. The molecule has 0 bridgehead atoms. The van der Waals surface area contributed by atoms with Gasteiger partial charge in [-0.15, -0.1) is 0 Å². The maximum absolute atomic E-state index is 6.08. The molecule has 104 valence electrons. The monoisotopic (exact) mass is 279 g/mol. The Bertz CT molecular complexity index is 451. The summed E-state index contributed by atoms with van der Waals surface area (Å²) in [5.74, 6) is 1.72. The van der Waals surface area contributed by atoms with Gasteiger partial charge in [-0.05, 0) is 38.5 Å². The third-order valence-corrected chi connectivity index (χ3v) is 5.38. The molecule has 3 aliphatic rings. The molecule has 2 aliphatic carbocycles. The van der Waals surface area contributed by atoms with E-state index < -0.39 is 0 Å². The molecule has 2 heterocycles. The largest absolute Gasteiger partial charge is 0.375 e. The third kappa shape index (κ3) is 2.50. The van der Waals surface area contributed by atoms with Crippen molar-refractivity contribution in [1.29, 1.82) is 0 Å². The van der Waals surface area contributed by atoms with E-state index in [1.807, 2.05) is 0 Å². The number of nitrogens with zero attached hydrogens (tertiary/aromatic N) is 2. The van der Waals surface area contributed by atoms with Crippen molar-refractivity contribution in [2.75, 3.05) is 11.9 Å². The Morgan fingerprint density at radius 3 is 2.84 bits per heavy atom. The van der Waals surface area contributed by atoms with E-state index in [0.29, 0.717) is 12.0 Å². The van der Waals surface area contributed by atoms with E-state index in [9.17, 15) is 0 Å². The average molecular weight is 279 g/mol. The van der Waals surface area contributed by atoms with Gasteiger partial charge in [-0.3, -0.25) is 0 Å². The first-order valence-corrected chi connectivity index (χ1v) is 8.34. The van der Waals surface area contributed by atoms with Crippen LogP contribution in [0.15, 0.2) is 0 Å². The van der Waals surface area contributed by atoms with E-state index >= 15 is 0 Å². The van der Waals surface area contributed by atoms with Gasteiger partial charge in [0.1, 0.15) is 5.82 Å². The van der Waals surface area contributed by atoms with Crippen molar-refractivity contribution in [2.45, 2.75) is 68.9 Å². The lowest BCUT2D eigenvalue weighted by Crippen LogP contribution is -2.42. The lowest BCUT2D eigenvalue weighted by Gasteiger charge is -2.38. The Labute approximate surface area is 118 Å². The fourth-order valence-electron chi connectivity index (χ4n) is 3.49. The van der Waals surface area contributed by atoms with E-state index in [-0.39, 0.29) is 5.60 Å². The van der Waals surface area contributed by atoms with Crippen molar-refractivity contribution in [2.24, 2.45) is 0 Å². The molecule has 4 nitrogen and oxygen atoms in total. The summed E-state index contributed by atoms with van der Waals surface area (Å²) in [4.78, 5) is 4.64. The topological polar surface area (TPSA) is 47.0 Å². The van der Waals surface area contributed by atoms with Gasteiger partial charge >= 0.3 is 0 Å². The minimum atomic E-state index is 0.180. The molecule has 1 atom stereocenters. The summed E-state index contributed by atoms with van der Waals surface area (Å²) in [6.07, 6.45) is 9.94. The minimum absolute atomic E-state index is 0.180. The quantitative estimate of drug-likeness (QED) is 0.922. The van der Waals surface area contributed by atoms with Gasteiger partial charge in [0.2, 0.25) is 5.13 Å². The molecule has 1 aromatic rings. The zero-order valence-corrected chi connectivity index (χ0v) is 12.0. The maximum atomic E-state index is 6.08. The van der Waals surface area contributed by atoms with Crippen molar-refractivity contribution in [3.05, 3.63) is 5.82 Å². The molecule has 1 unspecified atom stereocenters. The van der Waals surface area contributed by atoms with Gasteiger partial charge < -0.3 is 10.1 Å². The molecule has 4 rings (SSSR count). The van der Waals surface area contributed by atoms with Gasteiger partial charge in [-0.25, -0.2) is 4.98 Å². The zero-order valence-electron chi connectivity index (χ0n) is 11.2. The zero-order chi connectivity index (χ0) is 12.7. The molecule has 1 saturated heterocycles. The van der Waals surface area contributed by atoms with Crippen LogP contribution in [0.25, 0.3) is 0 Å². The molecule has 1 spiro atoms. The number of ether oxygens (including phenoxy) is 1. The van der Waals surface area contributed by atoms with Crippen LogP contribution in [-0.2, 0) is 4.74 Å². The number of hydrogen-bond acceptors (Lipinski definition) is 5. The number of aromatic nitrogens is 2. The Kier molecular flexibility index (Phi) is 2.99. The number of anilines is 1. The molecule has 2 saturated carbocycles. The van der Waals surface area contributed by atoms with E-state index in [2.05, 4.69) is 14.7 Å². The molecule has 5 heteroatoms. The van der Waals surface area contributed by atoms with Crippen molar-refractivity contribution in [1.82, 2.24) is 9.36 Å². The standard InChI is InChI=1S/C14H21N3OS/c1-2-7-14(6-1)9-11(5-8-18-14)15-13-16-12(17-19-13)10-3-4-10/h10-11H,1-9H2,(H,15,16,17). The fourth-order valence-corrected chi connectivity index (χ4v) is 4.22. The second-order valence-corrected chi connectivity index (χ2v) is 7.06. The van der Waals surface area contributed by atoms with Gasteiger partial charge in [-0.1, -0.05) is 12.8 Å². The first-order chi connectivity index (χ1) is 9.33. The predicted molar refractivity (Wildman–Crippen MR) is 75.7 cm³/mol. The normalized spacial score (nSPS) is 29.8. The molecule has 0 aromatic carbocycles. The summed E-state index contributed by atoms with van der Waals surface area (Å²) in [6.45, 7) is 0.895. The SMILES string of the molecule is C1CCC2(C1)CC(Nc1nc(C3CC3)ns1)CCO2. The summed E-state index contributed by atoms with van der Waals surface area (Å²) in [7, 11) is 0. The highest BCUT2D eigenvalue weighted by atomic mass is 32.1. The number of rotatable bonds is 3. The van der Waals surface area contributed by atoms with Crippen molar-refractivity contribution in [3.8, 4) is 0 Å². The minimum Gasteiger partial charge on any atom is -0.375 e. The Hall–Kier alpha value is -0.680. The highest BCUT2D eigenvalue weighted by molar-refractivity contribution is 7.09. The smallest absolute Gasteiger partial charge is 0.202 e. The molecule has 1 aliphatic heterocycles. The first-order valence-electron chi connectivity index (χ1n) is 7.57. The van der Waals surface area contributed by atoms with Crippen molar-refractivity contribution in [3.63, 3.8) is 0 Å². The van der Waals surface area contributed by atoms with Gasteiger partial charge in [0.25, 0.3) is 0 Å². The summed E-state index contributed by atoms with van der Waals surface area (Å²) < 4.78 is 10.5. The van der Waals surface area contributed by atoms with E-state index in [4.69, 9.17) is 4.74 Å². The maximum Gasteiger partial charge on any atom is 0.202 e. The van der Waals surface area contributed by atoms with Crippen LogP contribution in [0.1, 0.15) is 63.1 Å². The van der Waals surface area contributed by atoms with E-state index in [0.717, 1.165) is 30.4 Å². The van der Waals surface area contributed by atoms with Crippen molar-refractivity contribution >= 4 is 16.7 Å². The van der Waals surface area contributed by atoms with E-state index in [1.165, 1.54) is 50.1 Å². The summed E-state index contributed by atoms with van der Waals surface area (Å²) in [6, 6.07) is 0.520. The molecule has 19 heavy (non-hydrogen) atoms. The highest BCUT2D eigenvalue weighted by Crippen LogP contribution is 2.42. The fraction of sp³-hybridized carbons (Fsp3) is 0.857. The number of nitrogens with one attached hydrogen (secondary N) is 1.